The summed E-state index contributed by atoms with van der Waals surface area (Å²) < 4.78 is 27.6. The molecule has 1 N–H and O–H groups in total. The van der Waals surface area contributed by atoms with E-state index in [1.807, 2.05) is 18.7 Å². The summed E-state index contributed by atoms with van der Waals surface area (Å²) in [6.07, 6.45) is 1.63. The van der Waals surface area contributed by atoms with Gasteiger partial charge in [-0.2, -0.15) is 10.2 Å². The molecule has 2 saturated heterocycles. The molecule has 3 aliphatic heterocycles. The lowest BCUT2D eigenvalue weighted by molar-refractivity contribution is -0.128. The second kappa shape index (κ2) is 11.2. The average Bonchev–Trinajstić information content (AvgIpc) is 3.36. The minimum atomic E-state index is -0.633. The van der Waals surface area contributed by atoms with E-state index in [-0.39, 0.29) is 54.7 Å². The molecule has 0 saturated carbocycles. The number of benzene rings is 1. The van der Waals surface area contributed by atoms with Crippen LogP contribution in [0.5, 0.6) is 0 Å². The predicted octanol–water partition coefficient (Wildman–Crippen LogP) is 2.68. The van der Waals surface area contributed by atoms with E-state index in [2.05, 4.69) is 27.3 Å². The summed E-state index contributed by atoms with van der Waals surface area (Å²) in [5.41, 5.74) is 1.88. The summed E-state index contributed by atoms with van der Waals surface area (Å²) in [6.45, 7) is 9.69. The number of rotatable bonds is 6. The number of nitrogens with zero attached hydrogens (tertiary/aromatic N) is 5. The van der Waals surface area contributed by atoms with Crippen LogP contribution in [0, 0.1) is 11.6 Å². The summed E-state index contributed by atoms with van der Waals surface area (Å²) in [5, 5.41) is 12.2. The molecule has 8 nitrogen and oxygen atoms in total. The first-order valence-electron chi connectivity index (χ1n) is 13.0. The maximum atomic E-state index is 14.2. The van der Waals surface area contributed by atoms with Crippen LogP contribution in [-0.2, 0) is 21.4 Å². The topological polar surface area (TPSA) is 81.7 Å². The van der Waals surface area contributed by atoms with Crippen molar-refractivity contribution in [1.29, 1.82) is 0 Å². The molecule has 0 aliphatic carbocycles. The van der Waals surface area contributed by atoms with Crippen LogP contribution in [0.4, 0.5) is 14.5 Å². The van der Waals surface area contributed by atoms with Gasteiger partial charge in [0.15, 0.2) is 0 Å². The lowest BCUT2D eigenvalue weighted by Gasteiger charge is -2.41. The van der Waals surface area contributed by atoms with Crippen molar-refractivity contribution in [2.45, 2.75) is 57.5 Å². The summed E-state index contributed by atoms with van der Waals surface area (Å²) in [4.78, 5) is 31.8. The number of hydrogen-bond acceptors (Lipinski definition) is 6. The van der Waals surface area contributed by atoms with Gasteiger partial charge in [0.05, 0.1) is 23.6 Å². The van der Waals surface area contributed by atoms with Crippen LogP contribution in [-0.4, -0.2) is 83.2 Å². The summed E-state index contributed by atoms with van der Waals surface area (Å²) in [5.74, 6) is -1.12. The van der Waals surface area contributed by atoms with Crippen molar-refractivity contribution in [3.8, 4) is 0 Å². The zero-order chi connectivity index (χ0) is 26.3. The van der Waals surface area contributed by atoms with Crippen molar-refractivity contribution in [3.63, 3.8) is 0 Å². The summed E-state index contributed by atoms with van der Waals surface area (Å²) in [7, 11) is 0. The number of fused-ring (bicyclic) bond motifs is 1. The average molecular weight is 549 g/mol. The number of nitrogens with one attached hydrogen (secondary N) is 1. The second-order valence-electron chi connectivity index (χ2n) is 11.2. The molecular formula is C27H35ClF2N6O2. The fraction of sp³-hybridized carbons (Fsp3) is 0.556. The van der Waals surface area contributed by atoms with Gasteiger partial charge in [0.1, 0.15) is 11.6 Å². The molecule has 206 valence electrons. The predicted molar refractivity (Wildman–Crippen MR) is 142 cm³/mol. The van der Waals surface area contributed by atoms with Crippen molar-refractivity contribution in [1.82, 2.24) is 25.3 Å². The van der Waals surface area contributed by atoms with Gasteiger partial charge >= 0.3 is 0 Å². The van der Waals surface area contributed by atoms with Gasteiger partial charge in [-0.05, 0) is 31.0 Å². The van der Waals surface area contributed by atoms with E-state index in [1.54, 1.807) is 11.0 Å². The Balaban J connectivity index is 0.00000336. The van der Waals surface area contributed by atoms with Crippen LogP contribution in [0.15, 0.2) is 24.3 Å². The number of halogens is 3. The number of likely N-dealkylation sites (tertiary alicyclic amines) is 1. The van der Waals surface area contributed by atoms with Gasteiger partial charge in [-0.25, -0.2) is 8.78 Å². The second-order valence-corrected chi connectivity index (χ2v) is 11.2. The zero-order valence-electron chi connectivity index (χ0n) is 22.0. The molecule has 2 aromatic rings. The van der Waals surface area contributed by atoms with Crippen molar-refractivity contribution < 1.29 is 18.4 Å². The molecule has 0 spiro atoms. The Kier molecular flexibility index (Phi) is 8.34. The van der Waals surface area contributed by atoms with Gasteiger partial charge in [-0.1, -0.05) is 19.9 Å². The molecule has 2 atom stereocenters. The Morgan fingerprint density at radius 3 is 2.71 bits per heavy atom. The number of carbonyl (C=O) groups is 2. The SMILES string of the molecule is C[C@@H]1CN(CC(=O)N2CC(C)(C)c3nnc(Cc4ccc(F)cc4F)cc32)[C@@H](CN2CCCC2=O)CN1.Cl. The van der Waals surface area contributed by atoms with Gasteiger partial charge in [0, 0.05) is 69.1 Å². The number of anilines is 1. The molecule has 2 amide bonds. The van der Waals surface area contributed by atoms with Crippen LogP contribution in [0.1, 0.15) is 50.6 Å². The van der Waals surface area contributed by atoms with Gasteiger partial charge < -0.3 is 15.1 Å². The maximum Gasteiger partial charge on any atom is 0.241 e. The van der Waals surface area contributed by atoms with E-state index < -0.39 is 11.6 Å². The van der Waals surface area contributed by atoms with Crippen molar-refractivity contribution >= 4 is 29.9 Å². The van der Waals surface area contributed by atoms with Crippen molar-refractivity contribution in [2.75, 3.05) is 44.2 Å². The Morgan fingerprint density at radius 1 is 1.21 bits per heavy atom. The third-order valence-corrected chi connectivity index (χ3v) is 7.66. The summed E-state index contributed by atoms with van der Waals surface area (Å²) >= 11 is 0. The molecule has 0 bridgehead atoms. The van der Waals surface area contributed by atoms with E-state index >= 15 is 0 Å². The standard InChI is InChI=1S/C27H34F2N6O2.ClH/c1-17-13-34(21(12-30-17)14-33-8-4-5-24(33)36)15-25(37)35-16-27(2,3)26-23(35)11-20(31-32-26)9-18-6-7-19(28)10-22(18)29;/h6-7,10-11,17,21,30H,4-5,8-9,12-16H2,1-3H3;1H/t17-,21-;/m1./s1. The van der Waals surface area contributed by atoms with Gasteiger partial charge in [0.25, 0.3) is 0 Å². The van der Waals surface area contributed by atoms with Crippen molar-refractivity contribution in [2.24, 2.45) is 0 Å². The normalized spacial score (nSPS) is 22.9. The van der Waals surface area contributed by atoms with E-state index in [4.69, 9.17) is 0 Å². The third kappa shape index (κ3) is 5.82. The Morgan fingerprint density at radius 2 is 2.00 bits per heavy atom. The largest absolute Gasteiger partial charge is 0.341 e. The molecule has 1 aromatic carbocycles. The van der Waals surface area contributed by atoms with Gasteiger partial charge in [0.2, 0.25) is 11.8 Å². The Hall–Kier alpha value is -2.69. The first kappa shape index (κ1) is 28.3. The first-order valence-corrected chi connectivity index (χ1v) is 13.0. The fourth-order valence-corrected chi connectivity index (χ4v) is 5.65. The van der Waals surface area contributed by atoms with E-state index in [9.17, 15) is 18.4 Å². The lowest BCUT2D eigenvalue weighted by atomic mass is 9.91. The number of amides is 2. The van der Waals surface area contributed by atoms with Gasteiger partial charge in [-0.15, -0.1) is 12.4 Å². The van der Waals surface area contributed by atoms with Crippen LogP contribution in [0.25, 0.3) is 0 Å². The first-order chi connectivity index (χ1) is 17.6. The molecule has 38 heavy (non-hydrogen) atoms. The van der Waals surface area contributed by atoms with Crippen LogP contribution in [0.2, 0.25) is 0 Å². The molecule has 0 unspecified atom stereocenters. The molecule has 0 radical (unpaired) electrons. The highest BCUT2D eigenvalue weighted by atomic mass is 35.5. The van der Waals surface area contributed by atoms with Crippen LogP contribution < -0.4 is 10.2 Å². The minimum Gasteiger partial charge on any atom is -0.341 e. The number of hydrogen-bond donors (Lipinski definition) is 1. The highest BCUT2D eigenvalue weighted by molar-refractivity contribution is 5.97. The lowest BCUT2D eigenvalue weighted by Crippen LogP contribution is -2.60. The molecule has 4 heterocycles. The molecule has 11 heteroatoms. The Bertz CT molecular complexity index is 1210. The highest BCUT2D eigenvalue weighted by Crippen LogP contribution is 2.39. The van der Waals surface area contributed by atoms with Crippen molar-refractivity contribution in [3.05, 3.63) is 52.9 Å². The van der Waals surface area contributed by atoms with E-state index in [0.29, 0.717) is 43.0 Å². The fourth-order valence-electron chi connectivity index (χ4n) is 5.65. The quantitative estimate of drug-likeness (QED) is 0.598. The highest BCUT2D eigenvalue weighted by Gasteiger charge is 2.41. The zero-order valence-corrected chi connectivity index (χ0v) is 22.9. The smallest absolute Gasteiger partial charge is 0.241 e. The molecule has 5 rings (SSSR count). The molecular weight excluding hydrogens is 514 g/mol. The molecule has 2 fully saturated rings. The minimum absolute atomic E-state index is 0. The van der Waals surface area contributed by atoms with Crippen LogP contribution in [0.3, 0.4) is 0 Å². The number of piperazine rings is 1. The molecule has 3 aliphatic rings. The van der Waals surface area contributed by atoms with E-state index in [1.165, 1.54) is 12.1 Å². The van der Waals surface area contributed by atoms with Crippen LogP contribution >= 0.6 is 12.4 Å². The number of carbonyl (C=O) groups excluding carboxylic acids is 2. The number of aromatic nitrogens is 2. The maximum absolute atomic E-state index is 14.2. The van der Waals surface area contributed by atoms with Gasteiger partial charge in [-0.3, -0.25) is 14.5 Å². The Labute approximate surface area is 228 Å². The van der Waals surface area contributed by atoms with E-state index in [0.717, 1.165) is 31.3 Å². The monoisotopic (exact) mass is 548 g/mol. The summed E-state index contributed by atoms with van der Waals surface area (Å²) in [6, 6.07) is 5.59. The molecule has 1 aromatic heterocycles. The third-order valence-electron chi connectivity index (χ3n) is 7.66.